The quantitative estimate of drug-likeness (QED) is 0.523. The SMILES string of the molecule is COc1ccc2c(c1)[nH]c1c(=O)n(CCN3CCN(Cc4ccccc4)CC3)cnc12. The normalized spacial score (nSPS) is 15.6. The zero-order chi connectivity index (χ0) is 21.2. The summed E-state index contributed by atoms with van der Waals surface area (Å²) in [6.45, 7) is 6.61. The van der Waals surface area contributed by atoms with Gasteiger partial charge in [0.15, 0.2) is 0 Å². The lowest BCUT2D eigenvalue weighted by Gasteiger charge is -2.34. The Morgan fingerprint density at radius 3 is 2.55 bits per heavy atom. The molecule has 160 valence electrons. The van der Waals surface area contributed by atoms with Gasteiger partial charge >= 0.3 is 0 Å². The molecule has 2 aromatic carbocycles. The molecule has 1 saturated heterocycles. The number of rotatable bonds is 6. The number of nitrogens with one attached hydrogen (secondary N) is 1. The molecule has 0 unspecified atom stereocenters. The van der Waals surface area contributed by atoms with Crippen LogP contribution in [0.3, 0.4) is 0 Å². The van der Waals surface area contributed by atoms with Crippen molar-refractivity contribution in [3.8, 4) is 5.75 Å². The number of ether oxygens (including phenoxy) is 1. The Hall–Kier alpha value is -3.16. The first-order valence-corrected chi connectivity index (χ1v) is 10.7. The van der Waals surface area contributed by atoms with Crippen molar-refractivity contribution < 1.29 is 4.74 Å². The molecule has 0 spiro atoms. The lowest BCUT2D eigenvalue weighted by atomic mass is 10.2. The van der Waals surface area contributed by atoms with Gasteiger partial charge in [-0.05, 0) is 17.7 Å². The van der Waals surface area contributed by atoms with E-state index in [4.69, 9.17) is 4.74 Å². The molecule has 0 aliphatic carbocycles. The van der Waals surface area contributed by atoms with Crippen LogP contribution in [0.5, 0.6) is 5.75 Å². The van der Waals surface area contributed by atoms with E-state index < -0.39 is 0 Å². The van der Waals surface area contributed by atoms with Gasteiger partial charge in [-0.2, -0.15) is 0 Å². The fourth-order valence-electron chi connectivity index (χ4n) is 4.32. The molecule has 1 aliphatic rings. The zero-order valence-electron chi connectivity index (χ0n) is 17.8. The molecular weight excluding hydrogens is 390 g/mol. The molecule has 7 heteroatoms. The first kappa shape index (κ1) is 19.8. The van der Waals surface area contributed by atoms with Crippen molar-refractivity contribution in [1.82, 2.24) is 24.3 Å². The number of hydrogen-bond acceptors (Lipinski definition) is 5. The van der Waals surface area contributed by atoms with Gasteiger partial charge in [0, 0.05) is 57.3 Å². The van der Waals surface area contributed by atoms with Crippen LogP contribution in [-0.4, -0.2) is 64.2 Å². The number of H-pyrrole nitrogens is 1. The zero-order valence-corrected chi connectivity index (χ0v) is 17.8. The standard InChI is InChI=1S/C24H27N5O2/c1-31-19-7-8-20-21(15-19)26-23-22(20)25-17-29(24(23)30)14-13-27-9-11-28(12-10-27)16-18-5-3-2-4-6-18/h2-8,15,17,26H,9-14,16H2,1H3. The summed E-state index contributed by atoms with van der Waals surface area (Å²) in [5, 5.41) is 0.939. The maximum absolute atomic E-state index is 13.0. The number of aromatic nitrogens is 3. The van der Waals surface area contributed by atoms with E-state index in [2.05, 4.69) is 50.1 Å². The molecule has 3 heterocycles. The monoisotopic (exact) mass is 417 g/mol. The average Bonchev–Trinajstić information content (AvgIpc) is 3.19. The van der Waals surface area contributed by atoms with Gasteiger partial charge in [-0.1, -0.05) is 30.3 Å². The molecule has 7 nitrogen and oxygen atoms in total. The molecule has 4 aromatic rings. The molecular formula is C24H27N5O2. The average molecular weight is 418 g/mol. The van der Waals surface area contributed by atoms with Gasteiger partial charge in [0.1, 0.15) is 16.8 Å². The molecule has 1 N–H and O–H groups in total. The molecule has 0 bridgehead atoms. The van der Waals surface area contributed by atoms with Crippen molar-refractivity contribution in [3.05, 3.63) is 70.8 Å². The highest BCUT2D eigenvalue weighted by Crippen LogP contribution is 2.25. The van der Waals surface area contributed by atoms with Crippen LogP contribution in [0, 0.1) is 0 Å². The summed E-state index contributed by atoms with van der Waals surface area (Å²) >= 11 is 0. The largest absolute Gasteiger partial charge is 0.497 e. The molecule has 0 amide bonds. The second-order valence-corrected chi connectivity index (χ2v) is 8.11. The van der Waals surface area contributed by atoms with E-state index in [9.17, 15) is 4.79 Å². The minimum absolute atomic E-state index is 0.0251. The summed E-state index contributed by atoms with van der Waals surface area (Å²) in [6.07, 6.45) is 1.67. The molecule has 0 radical (unpaired) electrons. The minimum Gasteiger partial charge on any atom is -0.497 e. The highest BCUT2D eigenvalue weighted by molar-refractivity contribution is 6.04. The summed E-state index contributed by atoms with van der Waals surface area (Å²) in [6, 6.07) is 16.3. The van der Waals surface area contributed by atoms with E-state index in [1.165, 1.54) is 5.56 Å². The van der Waals surface area contributed by atoms with Crippen molar-refractivity contribution >= 4 is 21.9 Å². The summed E-state index contributed by atoms with van der Waals surface area (Å²) in [4.78, 5) is 25.7. The number of nitrogens with zero attached hydrogens (tertiary/aromatic N) is 4. The van der Waals surface area contributed by atoms with Gasteiger partial charge in [-0.25, -0.2) is 4.98 Å². The predicted octanol–water partition coefficient (Wildman–Crippen LogP) is 2.70. The van der Waals surface area contributed by atoms with Crippen molar-refractivity contribution in [2.45, 2.75) is 13.1 Å². The first-order chi connectivity index (χ1) is 15.2. The van der Waals surface area contributed by atoms with Crippen molar-refractivity contribution in [2.75, 3.05) is 39.8 Å². The van der Waals surface area contributed by atoms with Crippen LogP contribution in [0.2, 0.25) is 0 Å². The third-order valence-electron chi connectivity index (χ3n) is 6.15. The number of benzene rings is 2. The third-order valence-corrected chi connectivity index (χ3v) is 6.15. The van der Waals surface area contributed by atoms with Crippen LogP contribution in [-0.2, 0) is 13.1 Å². The molecule has 1 fully saturated rings. The Morgan fingerprint density at radius 2 is 1.77 bits per heavy atom. The second-order valence-electron chi connectivity index (χ2n) is 8.11. The number of piperazine rings is 1. The van der Waals surface area contributed by atoms with Crippen LogP contribution in [0.1, 0.15) is 5.56 Å². The van der Waals surface area contributed by atoms with Crippen molar-refractivity contribution in [2.24, 2.45) is 0 Å². The summed E-state index contributed by atoms with van der Waals surface area (Å²) in [7, 11) is 1.64. The fraction of sp³-hybridized carbons (Fsp3) is 0.333. The van der Waals surface area contributed by atoms with Crippen LogP contribution < -0.4 is 10.3 Å². The maximum atomic E-state index is 13.0. The number of aromatic amines is 1. The number of hydrogen-bond donors (Lipinski definition) is 1. The Labute approximate surface area is 180 Å². The van der Waals surface area contributed by atoms with Crippen molar-refractivity contribution in [1.29, 1.82) is 0 Å². The summed E-state index contributed by atoms with van der Waals surface area (Å²) < 4.78 is 7.00. The maximum Gasteiger partial charge on any atom is 0.277 e. The van der Waals surface area contributed by atoms with E-state index in [0.29, 0.717) is 17.6 Å². The van der Waals surface area contributed by atoms with Gasteiger partial charge in [-0.15, -0.1) is 0 Å². The Morgan fingerprint density at radius 1 is 1.00 bits per heavy atom. The Balaban J connectivity index is 1.23. The summed E-state index contributed by atoms with van der Waals surface area (Å²) in [5.74, 6) is 0.755. The van der Waals surface area contributed by atoms with E-state index in [1.807, 2.05) is 18.2 Å². The van der Waals surface area contributed by atoms with Gasteiger partial charge in [0.25, 0.3) is 5.56 Å². The van der Waals surface area contributed by atoms with Crippen molar-refractivity contribution in [3.63, 3.8) is 0 Å². The first-order valence-electron chi connectivity index (χ1n) is 10.7. The predicted molar refractivity (Wildman–Crippen MR) is 123 cm³/mol. The fourth-order valence-corrected chi connectivity index (χ4v) is 4.32. The van der Waals surface area contributed by atoms with E-state index >= 15 is 0 Å². The molecule has 5 rings (SSSR count). The van der Waals surface area contributed by atoms with Gasteiger partial charge in [-0.3, -0.25) is 19.2 Å². The van der Waals surface area contributed by atoms with E-state index in [1.54, 1.807) is 18.0 Å². The molecule has 1 aliphatic heterocycles. The second kappa shape index (κ2) is 8.53. The van der Waals surface area contributed by atoms with E-state index in [-0.39, 0.29) is 5.56 Å². The Kier molecular flexibility index (Phi) is 5.44. The molecule has 31 heavy (non-hydrogen) atoms. The molecule has 0 saturated carbocycles. The van der Waals surface area contributed by atoms with Crippen LogP contribution >= 0.6 is 0 Å². The lowest BCUT2D eigenvalue weighted by molar-refractivity contribution is 0.124. The number of methoxy groups -OCH3 is 1. The topological polar surface area (TPSA) is 66.4 Å². The van der Waals surface area contributed by atoms with Gasteiger partial charge in [0.05, 0.1) is 19.0 Å². The van der Waals surface area contributed by atoms with E-state index in [0.717, 1.165) is 55.9 Å². The highest BCUT2D eigenvalue weighted by atomic mass is 16.5. The van der Waals surface area contributed by atoms with Gasteiger partial charge in [0.2, 0.25) is 0 Å². The minimum atomic E-state index is -0.0251. The van der Waals surface area contributed by atoms with Gasteiger partial charge < -0.3 is 9.72 Å². The lowest BCUT2D eigenvalue weighted by Crippen LogP contribution is -2.47. The van der Waals surface area contributed by atoms with Crippen LogP contribution in [0.25, 0.3) is 21.9 Å². The Bertz CT molecular complexity index is 1240. The molecule has 2 aromatic heterocycles. The summed E-state index contributed by atoms with van der Waals surface area (Å²) in [5.41, 5.74) is 3.47. The van der Waals surface area contributed by atoms with Crippen LogP contribution in [0.15, 0.2) is 59.7 Å². The smallest absolute Gasteiger partial charge is 0.277 e. The number of fused-ring (bicyclic) bond motifs is 3. The van der Waals surface area contributed by atoms with Crippen LogP contribution in [0.4, 0.5) is 0 Å². The molecule has 0 atom stereocenters. The highest BCUT2D eigenvalue weighted by Gasteiger charge is 2.17. The third kappa shape index (κ3) is 4.06.